The topological polar surface area (TPSA) is 45.2 Å². The molecule has 0 radical (unpaired) electrons. The van der Waals surface area contributed by atoms with Gasteiger partial charge in [-0.25, -0.2) is 0 Å². The molecule has 5 nitrogen and oxygen atoms in total. The Bertz CT molecular complexity index is 607. The van der Waals surface area contributed by atoms with E-state index in [9.17, 15) is 5.11 Å². The molecule has 3 heterocycles. The largest absolute Gasteiger partial charge is 0.496 e. The lowest BCUT2D eigenvalue weighted by Gasteiger charge is -2.38. The smallest absolute Gasteiger partial charge is 0.123 e. The van der Waals surface area contributed by atoms with Gasteiger partial charge >= 0.3 is 0 Å². The summed E-state index contributed by atoms with van der Waals surface area (Å²) in [5, 5.41) is 9.79. The van der Waals surface area contributed by atoms with Crippen molar-refractivity contribution in [1.82, 2.24) is 9.80 Å². The van der Waals surface area contributed by atoms with Crippen molar-refractivity contribution in [3.63, 3.8) is 0 Å². The zero-order valence-corrected chi connectivity index (χ0v) is 16.0. The Morgan fingerprint density at radius 1 is 1.12 bits per heavy atom. The quantitative estimate of drug-likeness (QED) is 0.874. The summed E-state index contributed by atoms with van der Waals surface area (Å²) in [6.45, 7) is 6.97. The van der Waals surface area contributed by atoms with Crippen LogP contribution >= 0.6 is 0 Å². The average Bonchev–Trinajstić information content (AvgIpc) is 3.28. The second-order valence-electron chi connectivity index (χ2n) is 8.26. The Kier molecular flexibility index (Phi) is 5.50. The molecule has 5 heteroatoms. The van der Waals surface area contributed by atoms with E-state index >= 15 is 0 Å². The Morgan fingerprint density at radius 3 is 2.50 bits per heavy atom. The van der Waals surface area contributed by atoms with Gasteiger partial charge in [-0.15, -0.1) is 0 Å². The van der Waals surface area contributed by atoms with Crippen molar-refractivity contribution in [2.45, 2.75) is 56.9 Å². The van der Waals surface area contributed by atoms with E-state index in [2.05, 4.69) is 28.0 Å². The number of hydrogen-bond acceptors (Lipinski definition) is 5. The van der Waals surface area contributed by atoms with Crippen molar-refractivity contribution >= 4 is 0 Å². The maximum Gasteiger partial charge on any atom is 0.123 e. The van der Waals surface area contributed by atoms with Crippen molar-refractivity contribution in [3.05, 3.63) is 29.3 Å². The van der Waals surface area contributed by atoms with E-state index < -0.39 is 0 Å². The zero-order chi connectivity index (χ0) is 18.0. The molecule has 3 aliphatic heterocycles. The maximum atomic E-state index is 9.79. The zero-order valence-electron chi connectivity index (χ0n) is 16.0. The van der Waals surface area contributed by atoms with E-state index in [1.165, 1.54) is 37.1 Å². The first-order valence-electron chi connectivity index (χ1n) is 10.1. The summed E-state index contributed by atoms with van der Waals surface area (Å²) in [7, 11) is 1.77. The van der Waals surface area contributed by atoms with Gasteiger partial charge in [0.1, 0.15) is 5.75 Å². The molecule has 0 saturated carbocycles. The molecule has 144 valence electrons. The number of hydrogen-bond donors (Lipinski definition) is 1. The van der Waals surface area contributed by atoms with Crippen LogP contribution in [0.5, 0.6) is 5.75 Å². The summed E-state index contributed by atoms with van der Waals surface area (Å²) in [6.07, 6.45) is 5.23. The SMILES string of the molecule is COc1ccc(CN2CCC3(CC2)CC(O)CO3)cc1CN1CCCC1. The molecule has 1 atom stereocenters. The number of likely N-dealkylation sites (tertiary alicyclic amines) is 2. The molecular weight excluding hydrogens is 328 g/mol. The van der Waals surface area contributed by atoms with E-state index in [1.54, 1.807) is 7.11 Å². The molecule has 3 saturated heterocycles. The van der Waals surface area contributed by atoms with Gasteiger partial charge in [-0.2, -0.15) is 0 Å². The van der Waals surface area contributed by atoms with E-state index in [0.29, 0.717) is 6.61 Å². The summed E-state index contributed by atoms with van der Waals surface area (Å²) in [5.41, 5.74) is 2.61. The fourth-order valence-electron chi connectivity index (χ4n) is 4.78. The summed E-state index contributed by atoms with van der Waals surface area (Å²) < 4.78 is 11.5. The average molecular weight is 360 g/mol. The summed E-state index contributed by atoms with van der Waals surface area (Å²) in [5.74, 6) is 1.01. The Labute approximate surface area is 156 Å². The monoisotopic (exact) mass is 360 g/mol. The predicted octanol–water partition coefficient (Wildman–Crippen LogP) is 2.41. The van der Waals surface area contributed by atoms with E-state index in [1.807, 2.05) is 0 Å². The van der Waals surface area contributed by atoms with Crippen molar-refractivity contribution in [2.75, 3.05) is 39.9 Å². The highest BCUT2D eigenvalue weighted by Gasteiger charge is 2.42. The van der Waals surface area contributed by atoms with Crippen LogP contribution in [-0.2, 0) is 17.8 Å². The summed E-state index contributed by atoms with van der Waals surface area (Å²) in [6, 6.07) is 6.66. The summed E-state index contributed by atoms with van der Waals surface area (Å²) in [4.78, 5) is 5.04. The third-order valence-electron chi connectivity index (χ3n) is 6.30. The van der Waals surface area contributed by atoms with Crippen LogP contribution in [0.3, 0.4) is 0 Å². The molecule has 3 fully saturated rings. The lowest BCUT2D eigenvalue weighted by atomic mass is 9.88. The number of nitrogens with zero attached hydrogens (tertiary/aromatic N) is 2. The molecule has 1 aromatic carbocycles. The van der Waals surface area contributed by atoms with Crippen LogP contribution in [0.1, 0.15) is 43.2 Å². The van der Waals surface area contributed by atoms with Crippen LogP contribution in [0.15, 0.2) is 18.2 Å². The first kappa shape index (κ1) is 18.2. The normalized spacial score (nSPS) is 26.6. The molecular formula is C21H32N2O3. The standard InChI is InChI=1S/C21H32N2O3/c1-25-20-5-4-17(12-18(20)15-22-8-2-3-9-22)14-23-10-6-21(7-11-23)13-19(24)16-26-21/h4-5,12,19,24H,2-3,6-11,13-16H2,1H3. The molecule has 0 amide bonds. The first-order chi connectivity index (χ1) is 12.7. The third kappa shape index (κ3) is 4.06. The molecule has 4 rings (SSSR count). The van der Waals surface area contributed by atoms with Crippen LogP contribution in [0.25, 0.3) is 0 Å². The number of piperidine rings is 1. The van der Waals surface area contributed by atoms with Gasteiger partial charge in [0.2, 0.25) is 0 Å². The van der Waals surface area contributed by atoms with Gasteiger partial charge in [0.25, 0.3) is 0 Å². The minimum atomic E-state index is -0.267. The van der Waals surface area contributed by atoms with Crippen LogP contribution < -0.4 is 4.74 Å². The fraction of sp³-hybridized carbons (Fsp3) is 0.714. The van der Waals surface area contributed by atoms with Gasteiger partial charge in [0.05, 0.1) is 25.4 Å². The van der Waals surface area contributed by atoms with Crippen molar-refractivity contribution in [3.8, 4) is 5.75 Å². The predicted molar refractivity (Wildman–Crippen MR) is 101 cm³/mol. The molecule has 1 spiro atoms. The Balaban J connectivity index is 1.37. The van der Waals surface area contributed by atoms with E-state index in [0.717, 1.165) is 51.2 Å². The molecule has 0 aliphatic carbocycles. The number of benzene rings is 1. The van der Waals surface area contributed by atoms with Crippen LogP contribution in [0.4, 0.5) is 0 Å². The highest BCUT2D eigenvalue weighted by molar-refractivity contribution is 5.37. The van der Waals surface area contributed by atoms with Gasteiger partial charge in [0.15, 0.2) is 0 Å². The van der Waals surface area contributed by atoms with Crippen LogP contribution in [0.2, 0.25) is 0 Å². The fourth-order valence-corrected chi connectivity index (χ4v) is 4.78. The highest BCUT2D eigenvalue weighted by Crippen LogP contribution is 2.36. The lowest BCUT2D eigenvalue weighted by Crippen LogP contribution is -2.43. The number of ether oxygens (including phenoxy) is 2. The number of methoxy groups -OCH3 is 1. The third-order valence-corrected chi connectivity index (χ3v) is 6.30. The highest BCUT2D eigenvalue weighted by atomic mass is 16.5. The minimum absolute atomic E-state index is 0.0588. The van der Waals surface area contributed by atoms with E-state index in [4.69, 9.17) is 9.47 Å². The molecule has 0 bridgehead atoms. The first-order valence-corrected chi connectivity index (χ1v) is 10.1. The number of aliphatic hydroxyl groups excluding tert-OH is 1. The van der Waals surface area contributed by atoms with Gasteiger partial charge in [0, 0.05) is 38.2 Å². The van der Waals surface area contributed by atoms with Crippen LogP contribution in [0, 0.1) is 0 Å². The molecule has 1 aromatic rings. The molecule has 3 aliphatic rings. The number of rotatable bonds is 5. The Morgan fingerprint density at radius 2 is 1.85 bits per heavy atom. The van der Waals surface area contributed by atoms with Crippen molar-refractivity contribution in [2.24, 2.45) is 0 Å². The lowest BCUT2D eigenvalue weighted by molar-refractivity contribution is -0.0456. The second kappa shape index (κ2) is 7.85. The van der Waals surface area contributed by atoms with Crippen LogP contribution in [-0.4, -0.2) is 66.5 Å². The Hall–Kier alpha value is -1.14. The van der Waals surface area contributed by atoms with Gasteiger partial charge in [-0.05, 0) is 56.5 Å². The minimum Gasteiger partial charge on any atom is -0.496 e. The van der Waals surface area contributed by atoms with Crippen molar-refractivity contribution < 1.29 is 14.6 Å². The maximum absolute atomic E-state index is 9.79. The molecule has 26 heavy (non-hydrogen) atoms. The molecule has 1 N–H and O–H groups in total. The number of aliphatic hydroxyl groups is 1. The van der Waals surface area contributed by atoms with E-state index in [-0.39, 0.29) is 11.7 Å². The molecule has 0 aromatic heterocycles. The van der Waals surface area contributed by atoms with Gasteiger partial charge in [-0.3, -0.25) is 9.80 Å². The van der Waals surface area contributed by atoms with Gasteiger partial charge < -0.3 is 14.6 Å². The van der Waals surface area contributed by atoms with Gasteiger partial charge in [-0.1, -0.05) is 6.07 Å². The molecule has 1 unspecified atom stereocenters. The van der Waals surface area contributed by atoms with Crippen molar-refractivity contribution in [1.29, 1.82) is 0 Å². The summed E-state index contributed by atoms with van der Waals surface area (Å²) >= 11 is 0. The second-order valence-corrected chi connectivity index (χ2v) is 8.26.